The van der Waals surface area contributed by atoms with Crippen LogP contribution >= 0.6 is 23.4 Å². The summed E-state index contributed by atoms with van der Waals surface area (Å²) in [6.07, 6.45) is 6.48. The van der Waals surface area contributed by atoms with Crippen molar-refractivity contribution in [2.75, 3.05) is 29.5 Å². The first-order chi connectivity index (χ1) is 19.2. The maximum atomic E-state index is 12.0. The summed E-state index contributed by atoms with van der Waals surface area (Å²) in [4.78, 5) is 28.5. The third kappa shape index (κ3) is 5.17. The fraction of sp³-hybridized carbons (Fsp3) is 0.379. The van der Waals surface area contributed by atoms with Gasteiger partial charge in [-0.05, 0) is 73.8 Å². The molecule has 11 heteroatoms. The maximum absolute atomic E-state index is 12.0. The third-order valence-electron chi connectivity index (χ3n) is 8.10. The van der Waals surface area contributed by atoms with Crippen molar-refractivity contribution in [3.63, 3.8) is 0 Å². The van der Waals surface area contributed by atoms with Crippen molar-refractivity contribution in [2.45, 2.75) is 61.0 Å². The molecule has 2 aromatic heterocycles. The molecule has 1 aliphatic heterocycles. The van der Waals surface area contributed by atoms with Gasteiger partial charge in [0.2, 0.25) is 0 Å². The summed E-state index contributed by atoms with van der Waals surface area (Å²) in [5.41, 5.74) is 23.1. The maximum Gasteiger partial charge on any atom is 0.296 e. The predicted octanol–water partition coefficient (Wildman–Crippen LogP) is 3.62. The van der Waals surface area contributed by atoms with Gasteiger partial charge in [-0.3, -0.25) is 4.79 Å². The number of aromatic nitrogens is 3. The lowest BCUT2D eigenvalue weighted by molar-refractivity contribution is -0.115. The number of nitrogens with one attached hydrogen (secondary N) is 1. The Morgan fingerprint density at radius 1 is 1.18 bits per heavy atom. The summed E-state index contributed by atoms with van der Waals surface area (Å²) in [6.45, 7) is 3.57. The van der Waals surface area contributed by atoms with E-state index < -0.39 is 0 Å². The second-order valence-corrected chi connectivity index (χ2v) is 12.3. The van der Waals surface area contributed by atoms with Crippen LogP contribution in [0.5, 0.6) is 0 Å². The Balaban J connectivity index is 1.14. The Bertz CT molecular complexity index is 1560. The van der Waals surface area contributed by atoms with E-state index in [0.29, 0.717) is 21.9 Å². The molecule has 1 spiro atoms. The van der Waals surface area contributed by atoms with Gasteiger partial charge in [-0.1, -0.05) is 35.3 Å². The lowest BCUT2D eigenvalue weighted by Crippen LogP contribution is -2.45. The summed E-state index contributed by atoms with van der Waals surface area (Å²) >= 11 is 7.64. The van der Waals surface area contributed by atoms with Crippen LogP contribution in [0.15, 0.2) is 40.4 Å². The number of carbonyl (C=O) groups excluding carboxylic acids is 1. The number of nitrogens with zero attached hydrogens (tertiary/aromatic N) is 4. The summed E-state index contributed by atoms with van der Waals surface area (Å²) < 4.78 is 0. The van der Waals surface area contributed by atoms with Crippen LogP contribution in [0.25, 0.3) is 0 Å². The van der Waals surface area contributed by atoms with Crippen LogP contribution in [0.2, 0.25) is 5.02 Å². The Hall–Kier alpha value is -3.52. The number of benzene rings is 1. The minimum atomic E-state index is -0.215. The van der Waals surface area contributed by atoms with Crippen LogP contribution in [-0.4, -0.2) is 40.0 Å². The summed E-state index contributed by atoms with van der Waals surface area (Å²) in [6, 6.07) is 8.17. The molecular weight excluding hydrogens is 544 g/mol. The molecular formula is C29H31ClN8OS. The molecule has 2 aliphatic carbocycles. The Morgan fingerprint density at radius 2 is 1.95 bits per heavy atom. The highest BCUT2D eigenvalue weighted by Gasteiger charge is 2.46. The highest BCUT2D eigenvalue weighted by Crippen LogP contribution is 2.51. The molecule has 9 nitrogen and oxygen atoms in total. The fourth-order valence-electron chi connectivity index (χ4n) is 5.67. The van der Waals surface area contributed by atoms with Gasteiger partial charge in [-0.2, -0.15) is 0 Å². The highest BCUT2D eigenvalue weighted by molar-refractivity contribution is 7.99. The van der Waals surface area contributed by atoms with Crippen LogP contribution in [0.1, 0.15) is 54.1 Å². The van der Waals surface area contributed by atoms with Gasteiger partial charge in [-0.25, -0.2) is 15.0 Å². The number of pyridine rings is 1. The van der Waals surface area contributed by atoms with Crippen molar-refractivity contribution in [2.24, 2.45) is 11.1 Å². The molecule has 40 heavy (non-hydrogen) atoms. The molecule has 2 fully saturated rings. The van der Waals surface area contributed by atoms with Crippen molar-refractivity contribution in [3.05, 3.63) is 57.9 Å². The van der Waals surface area contributed by atoms with Crippen LogP contribution < -0.4 is 27.4 Å². The molecule has 7 N–H and O–H groups in total. The second kappa shape index (κ2) is 10.5. The van der Waals surface area contributed by atoms with Gasteiger partial charge in [0.15, 0.2) is 11.6 Å². The molecule has 0 radical (unpaired) electrons. The zero-order chi connectivity index (χ0) is 28.0. The zero-order valence-corrected chi connectivity index (χ0v) is 23.8. The average molecular weight is 575 g/mol. The molecule has 6 rings (SSSR count). The summed E-state index contributed by atoms with van der Waals surface area (Å²) in [7, 11) is 0. The van der Waals surface area contributed by atoms with Crippen LogP contribution in [0, 0.1) is 24.2 Å². The van der Waals surface area contributed by atoms with Crippen LogP contribution in [-0.2, 0) is 11.2 Å². The standard InChI is InChI=1S/C29H31ClN8OS/c1-16-27(37-26(33)28(35-16)40-21-8-11-34-25(32)23(21)30)38-12-9-29(10-13-38)15-18-4-2-17(14-20(18)24(29)31)3-7-22(39)36-19-5-6-19/h2,4,8,11,14,19,24H,5-6,9-10,12-13,15,31H2,1H3,(H2,32,34)(H2,33,37)(H,36,39)/t24-/m1/s1. The number of halogens is 1. The number of fused-ring (bicyclic) bond motifs is 1. The summed E-state index contributed by atoms with van der Waals surface area (Å²) in [5, 5.41) is 3.86. The third-order valence-corrected chi connectivity index (χ3v) is 9.66. The van der Waals surface area contributed by atoms with Crippen LogP contribution in [0.3, 0.4) is 0 Å². The van der Waals surface area contributed by atoms with Gasteiger partial charge < -0.3 is 27.4 Å². The number of aryl methyl sites for hydroxylation is 1. The Morgan fingerprint density at radius 3 is 2.70 bits per heavy atom. The normalized spacial score (nSPS) is 19.2. The van der Waals surface area contributed by atoms with Crippen molar-refractivity contribution >= 4 is 46.7 Å². The van der Waals surface area contributed by atoms with Gasteiger partial charge in [0.1, 0.15) is 10.8 Å². The Labute approximate surface area is 242 Å². The van der Waals surface area contributed by atoms with Crippen molar-refractivity contribution in [1.82, 2.24) is 20.3 Å². The number of piperidine rings is 1. The minimum absolute atomic E-state index is 0.0189. The number of amides is 1. The molecule has 3 aliphatic rings. The topological polar surface area (TPSA) is 149 Å². The predicted molar refractivity (Wildman–Crippen MR) is 158 cm³/mol. The number of hydrogen-bond donors (Lipinski definition) is 4. The van der Waals surface area contributed by atoms with E-state index in [9.17, 15) is 4.79 Å². The molecule has 1 atom stereocenters. The van der Waals surface area contributed by atoms with Gasteiger partial charge in [0.25, 0.3) is 5.91 Å². The van der Waals surface area contributed by atoms with Crippen LogP contribution in [0.4, 0.5) is 17.5 Å². The van der Waals surface area contributed by atoms with E-state index in [2.05, 4.69) is 39.2 Å². The van der Waals surface area contributed by atoms with Gasteiger partial charge >= 0.3 is 0 Å². The van der Waals surface area contributed by atoms with Gasteiger partial charge in [-0.15, -0.1) is 0 Å². The lowest BCUT2D eigenvalue weighted by atomic mass is 9.73. The molecule has 1 amide bonds. The molecule has 0 bridgehead atoms. The summed E-state index contributed by atoms with van der Waals surface area (Å²) in [5.74, 6) is 6.92. The van der Waals surface area contributed by atoms with E-state index in [4.69, 9.17) is 38.8 Å². The minimum Gasteiger partial charge on any atom is -0.382 e. The smallest absolute Gasteiger partial charge is 0.296 e. The van der Waals surface area contributed by atoms with E-state index in [1.54, 1.807) is 12.3 Å². The monoisotopic (exact) mass is 574 g/mol. The first-order valence-electron chi connectivity index (χ1n) is 13.4. The largest absolute Gasteiger partial charge is 0.382 e. The van der Waals surface area contributed by atoms with E-state index in [-0.39, 0.29) is 23.2 Å². The quantitative estimate of drug-likeness (QED) is 0.343. The fourth-order valence-corrected chi connectivity index (χ4v) is 6.77. The molecule has 3 aromatic rings. The molecule has 1 saturated heterocycles. The number of nitrogens with two attached hydrogens (primary N) is 3. The number of nitrogen functional groups attached to an aromatic ring is 2. The average Bonchev–Trinajstić information content (AvgIpc) is 3.72. The van der Waals surface area contributed by atoms with E-state index >= 15 is 0 Å². The lowest BCUT2D eigenvalue weighted by Gasteiger charge is -2.42. The molecule has 0 unspecified atom stereocenters. The molecule has 1 aromatic carbocycles. The van der Waals surface area contributed by atoms with E-state index in [1.807, 2.05) is 13.0 Å². The second-order valence-electron chi connectivity index (χ2n) is 10.8. The Kier molecular flexibility index (Phi) is 6.98. The number of rotatable bonds is 4. The molecule has 206 valence electrons. The van der Waals surface area contributed by atoms with Crippen molar-refractivity contribution < 1.29 is 4.79 Å². The highest BCUT2D eigenvalue weighted by atomic mass is 35.5. The zero-order valence-electron chi connectivity index (χ0n) is 22.2. The number of hydrogen-bond acceptors (Lipinski definition) is 9. The van der Waals surface area contributed by atoms with Crippen molar-refractivity contribution in [1.29, 1.82) is 0 Å². The van der Waals surface area contributed by atoms with Gasteiger partial charge in [0, 0.05) is 47.7 Å². The van der Waals surface area contributed by atoms with Gasteiger partial charge in [0.05, 0.1) is 10.7 Å². The van der Waals surface area contributed by atoms with E-state index in [0.717, 1.165) is 72.7 Å². The number of carbonyl (C=O) groups is 1. The molecule has 3 heterocycles. The number of anilines is 3. The SMILES string of the molecule is Cc1nc(Sc2ccnc(N)c2Cl)c(N)nc1N1CCC2(CC1)Cc1ccc(C#CC(=O)NC3CC3)cc1[C@H]2N. The van der Waals surface area contributed by atoms with Crippen molar-refractivity contribution in [3.8, 4) is 11.8 Å². The first-order valence-corrected chi connectivity index (χ1v) is 14.6. The van der Waals surface area contributed by atoms with E-state index in [1.165, 1.54) is 17.3 Å². The molecule has 1 saturated carbocycles. The first kappa shape index (κ1) is 26.7.